The summed E-state index contributed by atoms with van der Waals surface area (Å²) in [5.41, 5.74) is 1.72. The lowest BCUT2D eigenvalue weighted by atomic mass is 9.75. The smallest absolute Gasteiger partial charge is 0.237 e. The summed E-state index contributed by atoms with van der Waals surface area (Å²) in [5, 5.41) is 2.47. The Balaban J connectivity index is 2.17. The van der Waals surface area contributed by atoms with Crippen LogP contribution >= 0.6 is 0 Å². The molecule has 1 atom stereocenters. The van der Waals surface area contributed by atoms with E-state index in [1.54, 1.807) is 0 Å². The molecule has 1 N–H and O–H groups in total. The van der Waals surface area contributed by atoms with Gasteiger partial charge in [0.2, 0.25) is 11.8 Å². The molecule has 0 saturated carbocycles. The molecule has 1 aliphatic heterocycles. The fourth-order valence-electron chi connectivity index (χ4n) is 3.15. The Labute approximate surface area is 100 Å². The van der Waals surface area contributed by atoms with E-state index >= 15 is 0 Å². The van der Waals surface area contributed by atoms with E-state index in [2.05, 4.69) is 11.4 Å². The Bertz CT molecular complexity index is 495. The van der Waals surface area contributed by atoms with E-state index in [0.29, 0.717) is 6.42 Å². The molecular formula is C14H15NO2. The van der Waals surface area contributed by atoms with Crippen LogP contribution < -0.4 is 5.32 Å². The number of nitrogens with one attached hydrogen (secondary N) is 1. The van der Waals surface area contributed by atoms with Crippen molar-refractivity contribution in [1.82, 2.24) is 5.32 Å². The molecule has 17 heavy (non-hydrogen) atoms. The van der Waals surface area contributed by atoms with Crippen LogP contribution in [0.1, 0.15) is 36.8 Å². The summed E-state index contributed by atoms with van der Waals surface area (Å²) in [6.07, 6.45) is 4.24. The maximum absolute atomic E-state index is 12.1. The molecule has 1 aromatic carbocycles. The van der Waals surface area contributed by atoms with E-state index in [0.717, 1.165) is 31.2 Å². The van der Waals surface area contributed by atoms with Crippen molar-refractivity contribution in [2.24, 2.45) is 0 Å². The van der Waals surface area contributed by atoms with Gasteiger partial charge in [-0.05, 0) is 30.4 Å². The molecule has 1 aliphatic carbocycles. The standard InChI is InChI=1S/C14H15NO2/c16-12-9-14(13(17)15-12)8-4-3-6-10-5-1-2-7-11(10)14/h1-2,5,7H,3-4,6,8-9H2,(H,15,16,17). The Kier molecular flexibility index (Phi) is 2.28. The summed E-state index contributed by atoms with van der Waals surface area (Å²) in [6.45, 7) is 0. The van der Waals surface area contributed by atoms with Crippen molar-refractivity contribution in [2.75, 3.05) is 0 Å². The van der Waals surface area contributed by atoms with Crippen LogP contribution in [0.5, 0.6) is 0 Å². The average molecular weight is 229 g/mol. The number of hydrogen-bond donors (Lipinski definition) is 1. The maximum Gasteiger partial charge on any atom is 0.237 e. The van der Waals surface area contributed by atoms with E-state index in [1.807, 2.05) is 18.2 Å². The van der Waals surface area contributed by atoms with E-state index in [9.17, 15) is 9.59 Å². The number of fused-ring (bicyclic) bond motifs is 2. The Morgan fingerprint density at radius 3 is 2.71 bits per heavy atom. The van der Waals surface area contributed by atoms with Gasteiger partial charge in [0, 0.05) is 6.42 Å². The molecule has 2 amide bonds. The van der Waals surface area contributed by atoms with Gasteiger partial charge in [-0.25, -0.2) is 0 Å². The number of rotatable bonds is 0. The van der Waals surface area contributed by atoms with Crippen molar-refractivity contribution in [3.05, 3.63) is 35.4 Å². The van der Waals surface area contributed by atoms with Crippen LogP contribution in [0, 0.1) is 0 Å². The number of benzene rings is 1. The highest BCUT2D eigenvalue weighted by atomic mass is 16.2. The molecule has 0 radical (unpaired) electrons. The van der Waals surface area contributed by atoms with E-state index in [4.69, 9.17) is 0 Å². The van der Waals surface area contributed by atoms with Gasteiger partial charge >= 0.3 is 0 Å². The van der Waals surface area contributed by atoms with Gasteiger partial charge < -0.3 is 0 Å². The van der Waals surface area contributed by atoms with Gasteiger partial charge in [-0.2, -0.15) is 0 Å². The molecule has 1 unspecified atom stereocenters. The highest BCUT2D eigenvalue weighted by molar-refractivity contribution is 6.09. The summed E-state index contributed by atoms with van der Waals surface area (Å²) in [7, 11) is 0. The summed E-state index contributed by atoms with van der Waals surface area (Å²) in [6, 6.07) is 8.06. The minimum atomic E-state index is -0.579. The van der Waals surface area contributed by atoms with Gasteiger partial charge in [0.15, 0.2) is 0 Å². The van der Waals surface area contributed by atoms with Gasteiger partial charge in [-0.1, -0.05) is 30.7 Å². The first-order valence-electron chi connectivity index (χ1n) is 6.15. The van der Waals surface area contributed by atoms with Gasteiger partial charge in [0.1, 0.15) is 0 Å². The normalized spacial score (nSPS) is 27.8. The highest BCUT2D eigenvalue weighted by Gasteiger charge is 2.48. The third kappa shape index (κ3) is 1.49. The number of imide groups is 1. The second kappa shape index (κ2) is 3.69. The van der Waals surface area contributed by atoms with Crippen molar-refractivity contribution in [1.29, 1.82) is 0 Å². The second-order valence-corrected chi connectivity index (χ2v) is 5.00. The third-order valence-corrected chi connectivity index (χ3v) is 3.98. The fraction of sp³-hybridized carbons (Fsp3) is 0.429. The first kappa shape index (κ1) is 10.5. The molecule has 0 bridgehead atoms. The number of hydrogen-bond acceptors (Lipinski definition) is 2. The Hall–Kier alpha value is -1.64. The van der Waals surface area contributed by atoms with Crippen LogP contribution in [-0.2, 0) is 21.4 Å². The average Bonchev–Trinajstić information content (AvgIpc) is 2.50. The molecule has 3 heteroatoms. The zero-order valence-electron chi connectivity index (χ0n) is 9.66. The lowest BCUT2D eigenvalue weighted by Crippen LogP contribution is -2.35. The zero-order chi connectivity index (χ0) is 11.9. The van der Waals surface area contributed by atoms with Crippen molar-refractivity contribution in [3.63, 3.8) is 0 Å². The van der Waals surface area contributed by atoms with Gasteiger partial charge in [0.25, 0.3) is 0 Å². The molecule has 1 fully saturated rings. The molecule has 3 rings (SSSR count). The summed E-state index contributed by atoms with van der Waals surface area (Å²) in [4.78, 5) is 23.7. The predicted octanol–water partition coefficient (Wildman–Crippen LogP) is 1.70. The van der Waals surface area contributed by atoms with Crippen molar-refractivity contribution < 1.29 is 9.59 Å². The van der Waals surface area contributed by atoms with Crippen LogP contribution in [-0.4, -0.2) is 11.8 Å². The van der Waals surface area contributed by atoms with E-state index < -0.39 is 5.41 Å². The van der Waals surface area contributed by atoms with Gasteiger partial charge in [0.05, 0.1) is 5.41 Å². The maximum atomic E-state index is 12.1. The molecule has 0 aromatic heterocycles. The van der Waals surface area contributed by atoms with Crippen LogP contribution in [0.3, 0.4) is 0 Å². The van der Waals surface area contributed by atoms with Crippen LogP contribution in [0.25, 0.3) is 0 Å². The number of amides is 2. The first-order valence-corrected chi connectivity index (χ1v) is 6.15. The molecule has 1 spiro atoms. The van der Waals surface area contributed by atoms with E-state index in [1.165, 1.54) is 5.56 Å². The topological polar surface area (TPSA) is 46.2 Å². The van der Waals surface area contributed by atoms with Gasteiger partial charge in [-0.3, -0.25) is 14.9 Å². The Morgan fingerprint density at radius 1 is 1.12 bits per heavy atom. The third-order valence-electron chi connectivity index (χ3n) is 3.98. The zero-order valence-corrected chi connectivity index (χ0v) is 9.66. The van der Waals surface area contributed by atoms with Gasteiger partial charge in [-0.15, -0.1) is 0 Å². The highest BCUT2D eigenvalue weighted by Crippen LogP contribution is 2.41. The minimum Gasteiger partial charge on any atom is -0.296 e. The SMILES string of the molecule is O=C1CC2(CCCCc3ccccc32)C(=O)N1. The monoisotopic (exact) mass is 229 g/mol. The second-order valence-electron chi connectivity index (χ2n) is 5.00. The fourth-order valence-corrected chi connectivity index (χ4v) is 3.15. The van der Waals surface area contributed by atoms with Crippen LogP contribution in [0.4, 0.5) is 0 Å². The van der Waals surface area contributed by atoms with Crippen LogP contribution in [0.2, 0.25) is 0 Å². The van der Waals surface area contributed by atoms with E-state index in [-0.39, 0.29) is 11.8 Å². The number of carbonyl (C=O) groups is 2. The number of carbonyl (C=O) groups excluding carboxylic acids is 2. The summed E-state index contributed by atoms with van der Waals surface area (Å²) in [5.74, 6) is -0.233. The molecular weight excluding hydrogens is 214 g/mol. The van der Waals surface area contributed by atoms with Crippen molar-refractivity contribution in [3.8, 4) is 0 Å². The summed E-state index contributed by atoms with van der Waals surface area (Å²) < 4.78 is 0. The van der Waals surface area contributed by atoms with Crippen LogP contribution in [0.15, 0.2) is 24.3 Å². The molecule has 1 aromatic rings. The largest absolute Gasteiger partial charge is 0.296 e. The lowest BCUT2D eigenvalue weighted by Gasteiger charge is -2.25. The summed E-state index contributed by atoms with van der Waals surface area (Å²) >= 11 is 0. The lowest BCUT2D eigenvalue weighted by molar-refractivity contribution is -0.126. The molecule has 2 aliphatic rings. The molecule has 1 saturated heterocycles. The molecule has 3 nitrogen and oxygen atoms in total. The minimum absolute atomic E-state index is 0.100. The molecule has 88 valence electrons. The van der Waals surface area contributed by atoms with Crippen molar-refractivity contribution in [2.45, 2.75) is 37.5 Å². The molecule has 1 heterocycles. The Morgan fingerprint density at radius 2 is 1.94 bits per heavy atom. The van der Waals surface area contributed by atoms with Crippen molar-refractivity contribution >= 4 is 11.8 Å². The quantitative estimate of drug-likeness (QED) is 0.688. The number of aryl methyl sites for hydroxylation is 1. The first-order chi connectivity index (χ1) is 8.22. The predicted molar refractivity (Wildman–Crippen MR) is 63.4 cm³/mol.